The molecule has 0 aromatic carbocycles. The highest BCUT2D eigenvalue weighted by Gasteiger charge is 2.00. The molecule has 3 nitrogen and oxygen atoms in total. The van der Waals surface area contributed by atoms with E-state index < -0.39 is 5.91 Å². The first kappa shape index (κ1) is 6.14. The Morgan fingerprint density at radius 3 is 2.43 bits per heavy atom. The Morgan fingerprint density at radius 1 is 2.00 bits per heavy atom. The molecule has 0 aliphatic heterocycles. The van der Waals surface area contributed by atoms with Gasteiger partial charge in [-0.1, -0.05) is 6.92 Å². The van der Waals surface area contributed by atoms with Crippen LogP contribution in [0.2, 0.25) is 0 Å². The summed E-state index contributed by atoms with van der Waals surface area (Å²) in [5.41, 5.74) is 0. The van der Waals surface area contributed by atoms with Gasteiger partial charge in [-0.25, -0.2) is 4.79 Å². The summed E-state index contributed by atoms with van der Waals surface area (Å²) in [6.45, 7) is 4.45. The molecule has 0 atom stereocenters. The van der Waals surface area contributed by atoms with Gasteiger partial charge in [-0.15, -0.1) is 4.74 Å². The molecule has 7 heavy (non-hydrogen) atoms. The van der Waals surface area contributed by atoms with Crippen molar-refractivity contribution in [2.75, 3.05) is 0 Å². The van der Waals surface area contributed by atoms with Crippen molar-refractivity contribution in [1.29, 1.82) is 0 Å². The van der Waals surface area contributed by atoms with Gasteiger partial charge < -0.3 is 5.21 Å². The smallest absolute Gasteiger partial charge is 0.397 e. The van der Waals surface area contributed by atoms with E-state index in [0.29, 0.717) is 0 Å². The highest BCUT2D eigenvalue weighted by Crippen LogP contribution is 1.77. The SMILES string of the molecule is C=[N+]([O-])C(=O)CC. The summed E-state index contributed by atoms with van der Waals surface area (Å²) < 4.78 is 0.0833. The number of nitrogens with zero attached hydrogens (tertiary/aromatic N) is 1. The standard InChI is InChI=1S/C4H7NO2/c1-3-4(6)5(2)7/h2-3H2,1H3. The molecule has 0 saturated heterocycles. The number of hydrogen-bond donors (Lipinski definition) is 0. The van der Waals surface area contributed by atoms with Gasteiger partial charge in [0.2, 0.25) is 0 Å². The van der Waals surface area contributed by atoms with E-state index >= 15 is 0 Å². The molecule has 0 N–H and O–H groups in total. The fraction of sp³-hybridized carbons (Fsp3) is 0.500. The van der Waals surface area contributed by atoms with Crippen molar-refractivity contribution in [3.63, 3.8) is 0 Å². The molecule has 0 rings (SSSR count). The van der Waals surface area contributed by atoms with Crippen LogP contribution in [0.1, 0.15) is 13.3 Å². The lowest BCUT2D eigenvalue weighted by Gasteiger charge is -1.91. The third kappa shape index (κ3) is 1.92. The first-order valence-corrected chi connectivity index (χ1v) is 1.99. The van der Waals surface area contributed by atoms with Crippen LogP contribution in [0.25, 0.3) is 0 Å². The van der Waals surface area contributed by atoms with Crippen molar-refractivity contribution in [3.8, 4) is 0 Å². The van der Waals surface area contributed by atoms with Crippen LogP contribution in [-0.2, 0) is 4.79 Å². The molecule has 1 amide bonds. The maximum Gasteiger partial charge on any atom is 0.397 e. The maximum absolute atomic E-state index is 10.1. The molecule has 0 aliphatic rings. The molecular weight excluding hydrogens is 94.0 g/mol. The molecule has 0 saturated carbocycles. The quantitative estimate of drug-likeness (QED) is 0.204. The lowest BCUT2D eigenvalue weighted by Crippen LogP contribution is -2.09. The van der Waals surface area contributed by atoms with Gasteiger partial charge in [-0.2, -0.15) is 0 Å². The Bertz CT molecular complexity index is 97.9. The van der Waals surface area contributed by atoms with Gasteiger partial charge in [0.25, 0.3) is 0 Å². The van der Waals surface area contributed by atoms with E-state index in [-0.39, 0.29) is 11.2 Å². The minimum Gasteiger partial charge on any atom is -0.617 e. The summed E-state index contributed by atoms with van der Waals surface area (Å²) in [5.74, 6) is -0.486. The zero-order valence-corrected chi connectivity index (χ0v) is 4.18. The van der Waals surface area contributed by atoms with E-state index in [9.17, 15) is 10.0 Å². The van der Waals surface area contributed by atoms with Crippen LogP contribution in [-0.4, -0.2) is 17.4 Å². The van der Waals surface area contributed by atoms with E-state index in [2.05, 4.69) is 6.72 Å². The zero-order chi connectivity index (χ0) is 5.86. The Hall–Kier alpha value is -0.860. The molecule has 0 heterocycles. The molecule has 0 spiro atoms. The summed E-state index contributed by atoms with van der Waals surface area (Å²) in [4.78, 5) is 10.1. The molecule has 0 unspecified atom stereocenters. The topological polar surface area (TPSA) is 43.1 Å². The Balaban J connectivity index is 3.58. The first-order valence-electron chi connectivity index (χ1n) is 1.99. The van der Waals surface area contributed by atoms with Crippen molar-refractivity contribution in [2.24, 2.45) is 0 Å². The summed E-state index contributed by atoms with van der Waals surface area (Å²) >= 11 is 0. The third-order valence-electron chi connectivity index (χ3n) is 0.581. The van der Waals surface area contributed by atoms with Gasteiger partial charge in [-0.05, 0) is 0 Å². The Labute approximate surface area is 41.8 Å². The maximum atomic E-state index is 10.1. The van der Waals surface area contributed by atoms with Crippen LogP contribution in [0, 0.1) is 5.21 Å². The second-order valence-corrected chi connectivity index (χ2v) is 1.13. The van der Waals surface area contributed by atoms with Gasteiger partial charge in [0.15, 0.2) is 0 Å². The molecule has 0 radical (unpaired) electrons. The van der Waals surface area contributed by atoms with E-state index in [1.165, 1.54) is 0 Å². The predicted octanol–water partition coefficient (Wildman–Crippen LogP) is 0.134. The van der Waals surface area contributed by atoms with Crippen LogP contribution in [0.15, 0.2) is 0 Å². The number of hydroxylamine groups is 1. The molecule has 0 aromatic rings. The zero-order valence-electron chi connectivity index (χ0n) is 4.18. The molecule has 40 valence electrons. The largest absolute Gasteiger partial charge is 0.617 e. The van der Waals surface area contributed by atoms with Crippen LogP contribution < -0.4 is 0 Å². The van der Waals surface area contributed by atoms with E-state index in [0.717, 1.165) is 0 Å². The number of hydrogen-bond acceptors (Lipinski definition) is 2. The molecule has 0 aliphatic carbocycles. The third-order valence-corrected chi connectivity index (χ3v) is 0.581. The minimum absolute atomic E-state index is 0.0833. The fourth-order valence-electron chi connectivity index (χ4n) is 0.176. The minimum atomic E-state index is -0.486. The van der Waals surface area contributed by atoms with Crippen LogP contribution >= 0.6 is 0 Å². The van der Waals surface area contributed by atoms with E-state index in [1.807, 2.05) is 0 Å². The molecular formula is C4H7NO2. The highest BCUT2D eigenvalue weighted by molar-refractivity contribution is 5.68. The average Bonchev–Trinajstić information content (AvgIpc) is 1.65. The highest BCUT2D eigenvalue weighted by atomic mass is 16.5. The van der Waals surface area contributed by atoms with Gasteiger partial charge in [-0.3, -0.25) is 0 Å². The normalized spacial score (nSPS) is 8.14. The summed E-state index contributed by atoms with van der Waals surface area (Å²) in [6, 6.07) is 0. The lowest BCUT2D eigenvalue weighted by atomic mass is 10.5. The van der Waals surface area contributed by atoms with Crippen molar-refractivity contribution >= 4 is 12.6 Å². The lowest BCUT2D eigenvalue weighted by molar-refractivity contribution is -0.373. The summed E-state index contributed by atoms with van der Waals surface area (Å²) in [7, 11) is 0. The number of rotatable bonds is 1. The second-order valence-electron chi connectivity index (χ2n) is 1.13. The van der Waals surface area contributed by atoms with Crippen molar-refractivity contribution in [2.45, 2.75) is 13.3 Å². The van der Waals surface area contributed by atoms with Gasteiger partial charge in [0.05, 0.1) is 6.42 Å². The molecule has 0 fully saturated rings. The fourth-order valence-corrected chi connectivity index (χ4v) is 0.176. The monoisotopic (exact) mass is 101 g/mol. The number of carbonyl (C=O) groups excluding carboxylic acids is 1. The average molecular weight is 101 g/mol. The first-order chi connectivity index (χ1) is 3.18. The van der Waals surface area contributed by atoms with Crippen LogP contribution in [0.4, 0.5) is 0 Å². The predicted molar refractivity (Wildman–Crippen MR) is 26.0 cm³/mol. The molecule has 0 aromatic heterocycles. The summed E-state index contributed by atoms with van der Waals surface area (Å²) in [6.07, 6.45) is 0.229. The van der Waals surface area contributed by atoms with Crippen LogP contribution in [0.5, 0.6) is 0 Å². The Kier molecular flexibility index (Phi) is 2.05. The molecule has 3 heteroatoms. The van der Waals surface area contributed by atoms with Gasteiger partial charge in [0.1, 0.15) is 6.72 Å². The number of carbonyl (C=O) groups is 1. The van der Waals surface area contributed by atoms with Crippen molar-refractivity contribution < 1.29 is 9.53 Å². The second kappa shape index (κ2) is 2.34. The van der Waals surface area contributed by atoms with Gasteiger partial charge in [0, 0.05) is 0 Å². The molecule has 0 bridgehead atoms. The van der Waals surface area contributed by atoms with Gasteiger partial charge >= 0.3 is 5.91 Å². The number of amides is 1. The van der Waals surface area contributed by atoms with Crippen molar-refractivity contribution in [1.82, 2.24) is 0 Å². The van der Waals surface area contributed by atoms with E-state index in [1.54, 1.807) is 6.92 Å². The van der Waals surface area contributed by atoms with Crippen molar-refractivity contribution in [3.05, 3.63) is 5.21 Å². The Morgan fingerprint density at radius 2 is 2.43 bits per heavy atom. The van der Waals surface area contributed by atoms with E-state index in [4.69, 9.17) is 0 Å². The van der Waals surface area contributed by atoms with Crippen LogP contribution in [0.3, 0.4) is 0 Å². The summed E-state index contributed by atoms with van der Waals surface area (Å²) in [5, 5.41) is 9.83.